The molecule has 2 heterocycles. The van der Waals surface area contributed by atoms with Crippen LogP contribution in [0.4, 0.5) is 0 Å². The zero-order valence-electron chi connectivity index (χ0n) is 30.7. The molecule has 2 aromatic heterocycles. The van der Waals surface area contributed by atoms with Crippen LogP contribution in [-0.4, -0.2) is 23.1 Å². The molecule has 4 nitrogen and oxygen atoms in total. The van der Waals surface area contributed by atoms with Gasteiger partial charge in [0.05, 0.1) is 11.1 Å². The third kappa shape index (κ3) is 5.78. The number of hydrogen-bond donors (Lipinski definition) is 0. The molecule has 0 bridgehead atoms. The quantitative estimate of drug-likeness (QED) is 0.103. The number of rotatable bonds is 10. The third-order valence-electron chi connectivity index (χ3n) is 11.5. The number of fused-ring (bicyclic) bond motifs is 5. The topological polar surface area (TPSA) is 68.3 Å². The number of hydrogen-bond acceptors (Lipinski definition) is 6. The summed E-state index contributed by atoms with van der Waals surface area (Å²) in [4.78, 5) is 56.4. The van der Waals surface area contributed by atoms with Gasteiger partial charge in [0.1, 0.15) is 0 Å². The molecule has 9 rings (SSSR count). The second kappa shape index (κ2) is 13.9. The molecule has 0 aliphatic heterocycles. The SMILES string of the molecule is CCCCC1(CCCC)c2cc(-c3ccc(C=C4C(=O)c5ccccc5C4=O)s3)ccc2-c2ccc(-c3ccc(C=C4C(=O)c5ccccc5C4=O)s3)cc21. The second-order valence-corrected chi connectivity index (χ2v) is 17.0. The number of allylic oxidation sites excluding steroid dienone is 2. The van der Waals surface area contributed by atoms with Crippen LogP contribution in [0.15, 0.2) is 120 Å². The molecule has 0 spiro atoms. The van der Waals surface area contributed by atoms with Crippen LogP contribution in [0.5, 0.6) is 0 Å². The number of ketones is 4. The summed E-state index contributed by atoms with van der Waals surface area (Å²) in [5, 5.41) is 0. The Morgan fingerprint density at radius 1 is 0.473 bits per heavy atom. The van der Waals surface area contributed by atoms with Crippen molar-refractivity contribution in [2.24, 2.45) is 0 Å². The minimum Gasteiger partial charge on any atom is -0.288 e. The maximum Gasteiger partial charge on any atom is 0.197 e. The zero-order chi connectivity index (χ0) is 37.8. The van der Waals surface area contributed by atoms with Crippen molar-refractivity contribution in [3.05, 3.63) is 163 Å². The first kappa shape index (κ1) is 35.2. The van der Waals surface area contributed by atoms with Crippen molar-refractivity contribution in [2.75, 3.05) is 0 Å². The molecular weight excluding hydrogens is 717 g/mol. The van der Waals surface area contributed by atoms with Crippen LogP contribution in [0.25, 0.3) is 44.2 Å². The lowest BCUT2D eigenvalue weighted by Crippen LogP contribution is -2.25. The third-order valence-corrected chi connectivity index (χ3v) is 13.6. The van der Waals surface area contributed by atoms with Gasteiger partial charge in [-0.05, 0) is 94.8 Å². The lowest BCUT2D eigenvalue weighted by molar-refractivity contribution is 0.0975. The molecular formula is C49H38O4S2. The molecule has 0 amide bonds. The van der Waals surface area contributed by atoms with Gasteiger partial charge in [0.2, 0.25) is 0 Å². The highest BCUT2D eigenvalue weighted by Gasteiger charge is 2.43. The molecule has 0 unspecified atom stereocenters. The summed E-state index contributed by atoms with van der Waals surface area (Å²) in [6.45, 7) is 4.52. The van der Waals surface area contributed by atoms with Crippen LogP contribution in [-0.2, 0) is 5.41 Å². The van der Waals surface area contributed by atoms with Crippen molar-refractivity contribution in [3.8, 4) is 32.0 Å². The normalized spacial score (nSPS) is 15.0. The van der Waals surface area contributed by atoms with Gasteiger partial charge in [0.15, 0.2) is 23.1 Å². The Hall–Kier alpha value is -5.56. The molecule has 0 saturated heterocycles. The van der Waals surface area contributed by atoms with Crippen molar-refractivity contribution in [2.45, 2.75) is 57.8 Å². The van der Waals surface area contributed by atoms with E-state index in [0.717, 1.165) is 69.2 Å². The number of carbonyl (C=O) groups is 4. The van der Waals surface area contributed by atoms with E-state index >= 15 is 0 Å². The molecule has 4 aromatic carbocycles. The summed E-state index contributed by atoms with van der Waals surface area (Å²) in [6, 6.07) is 36.1. The molecule has 3 aliphatic carbocycles. The van der Waals surface area contributed by atoms with E-state index < -0.39 is 0 Å². The standard InChI is InChI=1S/C49H38O4S2/c1-3-5-23-49(24-6-4-2)41-25-29(43-21-17-31(54-43)27-39-45(50)35-11-7-8-12-36(35)46(39)51)15-19-33(41)34-20-16-30(26-42(34)49)44-22-18-32(55-44)28-40-47(52)37-13-9-10-14-38(37)48(40)53/h7-22,25-28H,3-6,23-24H2,1-2H3. The highest BCUT2D eigenvalue weighted by Crippen LogP contribution is 2.56. The average molecular weight is 755 g/mol. The lowest BCUT2D eigenvalue weighted by Gasteiger charge is -2.33. The van der Waals surface area contributed by atoms with Crippen LogP contribution >= 0.6 is 22.7 Å². The fourth-order valence-corrected chi connectivity index (χ4v) is 10.6. The van der Waals surface area contributed by atoms with E-state index in [1.807, 2.05) is 12.1 Å². The van der Waals surface area contributed by atoms with Gasteiger partial charge in [-0.1, -0.05) is 112 Å². The van der Waals surface area contributed by atoms with E-state index in [1.165, 1.54) is 22.3 Å². The first-order valence-corrected chi connectivity index (χ1v) is 20.7. The fraction of sp³-hybridized carbons (Fsp3) is 0.184. The van der Waals surface area contributed by atoms with Crippen LogP contribution < -0.4 is 0 Å². The largest absolute Gasteiger partial charge is 0.288 e. The molecule has 6 aromatic rings. The van der Waals surface area contributed by atoms with Gasteiger partial charge in [-0.3, -0.25) is 19.2 Å². The van der Waals surface area contributed by atoms with Crippen LogP contribution in [0.2, 0.25) is 0 Å². The van der Waals surface area contributed by atoms with Crippen molar-refractivity contribution in [1.82, 2.24) is 0 Å². The minimum atomic E-state index is -0.206. The average Bonchev–Trinajstić information content (AvgIpc) is 4.03. The predicted molar refractivity (Wildman–Crippen MR) is 224 cm³/mol. The fourth-order valence-electron chi connectivity index (χ4n) is 8.69. The summed E-state index contributed by atoms with van der Waals surface area (Å²) in [5.41, 5.74) is 9.83. The van der Waals surface area contributed by atoms with E-state index in [1.54, 1.807) is 83.4 Å². The van der Waals surface area contributed by atoms with Crippen LogP contribution in [0, 0.1) is 0 Å². The maximum absolute atomic E-state index is 13.1. The second-order valence-electron chi connectivity index (χ2n) is 14.7. The van der Waals surface area contributed by atoms with Gasteiger partial charge in [0.25, 0.3) is 0 Å². The van der Waals surface area contributed by atoms with E-state index in [9.17, 15) is 19.2 Å². The Kier molecular flexibility index (Phi) is 8.91. The van der Waals surface area contributed by atoms with Gasteiger partial charge < -0.3 is 0 Å². The predicted octanol–water partition coefficient (Wildman–Crippen LogP) is 12.7. The molecule has 6 heteroatoms. The summed E-state index contributed by atoms with van der Waals surface area (Å²) >= 11 is 3.21. The lowest BCUT2D eigenvalue weighted by atomic mass is 9.70. The highest BCUT2D eigenvalue weighted by atomic mass is 32.1. The maximum atomic E-state index is 13.1. The number of thiophene rings is 2. The number of Topliss-reactive ketones (excluding diaryl/α,β-unsaturated/α-hetero) is 4. The Balaban J connectivity index is 1.07. The van der Waals surface area contributed by atoms with Crippen LogP contribution in [0.3, 0.4) is 0 Å². The Morgan fingerprint density at radius 2 is 0.855 bits per heavy atom. The Morgan fingerprint density at radius 3 is 1.22 bits per heavy atom. The zero-order valence-corrected chi connectivity index (χ0v) is 32.4. The molecule has 0 radical (unpaired) electrons. The van der Waals surface area contributed by atoms with Crippen molar-refractivity contribution in [3.63, 3.8) is 0 Å². The van der Waals surface area contributed by atoms with Gasteiger partial charge >= 0.3 is 0 Å². The minimum absolute atomic E-state index is 0.143. The van der Waals surface area contributed by atoms with E-state index in [4.69, 9.17) is 0 Å². The number of unbranched alkanes of at least 4 members (excludes halogenated alkanes) is 2. The molecule has 0 atom stereocenters. The summed E-state index contributed by atoms with van der Waals surface area (Å²) in [6.07, 6.45) is 10.0. The number of benzene rings is 4. The molecule has 3 aliphatic rings. The first-order valence-electron chi connectivity index (χ1n) is 19.1. The monoisotopic (exact) mass is 754 g/mol. The Labute approximate surface area is 328 Å². The van der Waals surface area contributed by atoms with Crippen molar-refractivity contribution in [1.29, 1.82) is 0 Å². The van der Waals surface area contributed by atoms with E-state index in [2.05, 4.69) is 62.4 Å². The molecule has 55 heavy (non-hydrogen) atoms. The van der Waals surface area contributed by atoms with Crippen molar-refractivity contribution >= 4 is 58.0 Å². The summed E-state index contributed by atoms with van der Waals surface area (Å²) in [5.74, 6) is -0.824. The molecule has 0 fully saturated rings. The summed E-state index contributed by atoms with van der Waals surface area (Å²) < 4.78 is 0. The number of carbonyl (C=O) groups excluding carboxylic acids is 4. The van der Waals surface area contributed by atoms with Crippen LogP contribution in [0.1, 0.15) is 115 Å². The first-order chi connectivity index (χ1) is 26.8. The molecule has 0 N–H and O–H groups in total. The van der Waals surface area contributed by atoms with Gasteiger partial charge in [0, 0.05) is 47.2 Å². The molecule has 0 saturated carbocycles. The smallest absolute Gasteiger partial charge is 0.197 e. The Bertz CT molecular complexity index is 2400. The van der Waals surface area contributed by atoms with E-state index in [-0.39, 0.29) is 39.7 Å². The van der Waals surface area contributed by atoms with E-state index in [0.29, 0.717) is 22.3 Å². The van der Waals surface area contributed by atoms with Gasteiger partial charge in [-0.25, -0.2) is 0 Å². The molecule has 270 valence electrons. The highest BCUT2D eigenvalue weighted by molar-refractivity contribution is 7.16. The summed E-state index contributed by atoms with van der Waals surface area (Å²) in [7, 11) is 0. The van der Waals surface area contributed by atoms with Gasteiger partial charge in [-0.15, -0.1) is 22.7 Å². The van der Waals surface area contributed by atoms with Crippen molar-refractivity contribution < 1.29 is 19.2 Å². The van der Waals surface area contributed by atoms with Gasteiger partial charge in [-0.2, -0.15) is 0 Å².